The first-order valence-electron chi connectivity index (χ1n) is 11.9. The van der Waals surface area contributed by atoms with E-state index in [0.29, 0.717) is 13.0 Å². The Bertz CT molecular complexity index is 814. The van der Waals surface area contributed by atoms with Crippen LogP contribution in [-0.2, 0) is 14.3 Å². The number of rotatable bonds is 10. The van der Waals surface area contributed by atoms with Crippen molar-refractivity contribution in [2.24, 2.45) is 5.92 Å². The number of amides is 3. The lowest BCUT2D eigenvalue weighted by Gasteiger charge is -2.33. The lowest BCUT2D eigenvalue weighted by atomic mass is 9.95. The molecule has 0 saturated heterocycles. The van der Waals surface area contributed by atoms with Gasteiger partial charge in [-0.1, -0.05) is 51.0 Å². The van der Waals surface area contributed by atoms with Crippen LogP contribution in [0.1, 0.15) is 83.5 Å². The van der Waals surface area contributed by atoms with Gasteiger partial charge in [-0.25, -0.2) is 4.79 Å². The fraction of sp³-hybridized carbons (Fsp3) is 0.654. The number of alkyl carbamates (subject to hydrolysis) is 1. The highest BCUT2D eigenvalue weighted by Crippen LogP contribution is 2.26. The molecular weight excluding hydrogens is 418 g/mol. The van der Waals surface area contributed by atoms with Crippen molar-refractivity contribution in [2.45, 2.75) is 92.3 Å². The first kappa shape index (κ1) is 28.5. The smallest absolute Gasteiger partial charge is 0.408 e. The monoisotopic (exact) mass is 461 g/mol. The van der Waals surface area contributed by atoms with Crippen LogP contribution < -0.4 is 10.6 Å². The number of nitrogens with zero attached hydrogens (tertiary/aromatic N) is 1. The first-order chi connectivity index (χ1) is 15.3. The minimum atomic E-state index is -0.805. The van der Waals surface area contributed by atoms with Crippen LogP contribution >= 0.6 is 0 Å². The predicted octanol–water partition coefficient (Wildman–Crippen LogP) is 4.66. The van der Waals surface area contributed by atoms with Crippen LogP contribution in [0.4, 0.5) is 4.79 Å². The zero-order valence-electron chi connectivity index (χ0n) is 21.9. The zero-order valence-corrected chi connectivity index (χ0v) is 21.9. The first-order valence-corrected chi connectivity index (χ1v) is 11.9. The third kappa shape index (κ3) is 9.44. The standard InChI is InChI=1S/C26H43N3O4/c1-10-11-14-27-23(30)22(20-16-18(4)12-13-19(20)5)29(9)24(31)21(15-17(2)3)28-25(32)33-26(6,7)8/h12-13,16-17,21-22H,10-11,14-15H2,1-9H3,(H,27,30)(H,28,32). The molecule has 2 N–H and O–H groups in total. The summed E-state index contributed by atoms with van der Waals surface area (Å²) in [5, 5.41) is 5.70. The maximum absolute atomic E-state index is 13.6. The summed E-state index contributed by atoms with van der Waals surface area (Å²) >= 11 is 0. The molecule has 3 amide bonds. The van der Waals surface area contributed by atoms with Crippen LogP contribution in [-0.4, -0.2) is 48.0 Å². The third-order valence-electron chi connectivity index (χ3n) is 5.24. The molecule has 1 rings (SSSR count). The van der Waals surface area contributed by atoms with Gasteiger partial charge in [0.05, 0.1) is 0 Å². The lowest BCUT2D eigenvalue weighted by Crippen LogP contribution is -2.52. The van der Waals surface area contributed by atoms with Crippen molar-refractivity contribution in [3.63, 3.8) is 0 Å². The lowest BCUT2D eigenvalue weighted by molar-refractivity contribution is -0.141. The summed E-state index contributed by atoms with van der Waals surface area (Å²) in [4.78, 5) is 40.8. The summed E-state index contributed by atoms with van der Waals surface area (Å²) in [6.45, 7) is 15.8. The van der Waals surface area contributed by atoms with Crippen LogP contribution in [0.3, 0.4) is 0 Å². The Morgan fingerprint density at radius 2 is 1.76 bits per heavy atom. The highest BCUT2D eigenvalue weighted by molar-refractivity contribution is 5.92. The Morgan fingerprint density at radius 1 is 1.12 bits per heavy atom. The van der Waals surface area contributed by atoms with Crippen LogP contribution in [0.5, 0.6) is 0 Å². The largest absolute Gasteiger partial charge is 0.444 e. The molecule has 0 bridgehead atoms. The zero-order chi connectivity index (χ0) is 25.3. The van der Waals surface area contributed by atoms with Crippen molar-refractivity contribution in [1.82, 2.24) is 15.5 Å². The summed E-state index contributed by atoms with van der Waals surface area (Å²) in [6.07, 6.45) is 1.60. The Labute approximate surface area is 199 Å². The van der Waals surface area contributed by atoms with Gasteiger partial charge in [0, 0.05) is 13.6 Å². The van der Waals surface area contributed by atoms with E-state index >= 15 is 0 Å². The average Bonchev–Trinajstić information content (AvgIpc) is 2.68. The van der Waals surface area contributed by atoms with Crippen LogP contribution in [0.25, 0.3) is 0 Å². The molecule has 0 aliphatic heterocycles. The molecule has 0 saturated carbocycles. The Morgan fingerprint density at radius 3 is 2.30 bits per heavy atom. The van der Waals surface area contributed by atoms with Crippen LogP contribution in [0, 0.1) is 19.8 Å². The van der Waals surface area contributed by atoms with Gasteiger partial charge in [-0.3, -0.25) is 9.59 Å². The molecule has 2 unspecified atom stereocenters. The van der Waals surface area contributed by atoms with Gasteiger partial charge in [0.25, 0.3) is 0 Å². The fourth-order valence-corrected chi connectivity index (χ4v) is 3.58. The average molecular weight is 462 g/mol. The van der Waals surface area contributed by atoms with Crippen LogP contribution in [0.2, 0.25) is 0 Å². The van der Waals surface area contributed by atoms with E-state index in [0.717, 1.165) is 29.5 Å². The Kier molecular flexibility index (Phi) is 10.9. The highest BCUT2D eigenvalue weighted by Gasteiger charge is 2.35. The number of aryl methyl sites for hydroxylation is 2. The maximum atomic E-state index is 13.6. The van der Waals surface area contributed by atoms with E-state index < -0.39 is 23.8 Å². The van der Waals surface area contributed by atoms with Gasteiger partial charge >= 0.3 is 6.09 Å². The number of likely N-dealkylation sites (N-methyl/N-ethyl adjacent to an activating group) is 1. The van der Waals surface area contributed by atoms with E-state index in [9.17, 15) is 14.4 Å². The fourth-order valence-electron chi connectivity index (χ4n) is 3.58. The molecular formula is C26H43N3O4. The molecule has 0 radical (unpaired) electrons. The van der Waals surface area contributed by atoms with Gasteiger partial charge in [-0.15, -0.1) is 0 Å². The second-order valence-electron chi connectivity index (χ2n) is 10.2. The minimum absolute atomic E-state index is 0.153. The SMILES string of the molecule is CCCCNC(=O)C(c1cc(C)ccc1C)N(C)C(=O)C(CC(C)C)NC(=O)OC(C)(C)C. The third-order valence-corrected chi connectivity index (χ3v) is 5.24. The predicted molar refractivity (Wildman–Crippen MR) is 132 cm³/mol. The number of unbranched alkanes of at least 4 members (excludes halogenated alkanes) is 1. The molecule has 7 nitrogen and oxygen atoms in total. The molecule has 33 heavy (non-hydrogen) atoms. The van der Waals surface area contributed by atoms with Crippen molar-refractivity contribution in [3.05, 3.63) is 34.9 Å². The van der Waals surface area contributed by atoms with Crippen molar-refractivity contribution in [3.8, 4) is 0 Å². The van der Waals surface area contributed by atoms with Gasteiger partial charge < -0.3 is 20.3 Å². The van der Waals surface area contributed by atoms with Gasteiger partial charge in [0.1, 0.15) is 17.7 Å². The van der Waals surface area contributed by atoms with E-state index in [4.69, 9.17) is 4.74 Å². The molecule has 0 spiro atoms. The highest BCUT2D eigenvalue weighted by atomic mass is 16.6. The number of hydrogen-bond acceptors (Lipinski definition) is 4. The Balaban J connectivity index is 3.28. The van der Waals surface area contributed by atoms with E-state index in [-0.39, 0.29) is 17.7 Å². The van der Waals surface area contributed by atoms with Crippen molar-refractivity contribution >= 4 is 17.9 Å². The summed E-state index contributed by atoms with van der Waals surface area (Å²) in [5.74, 6) is -0.403. The Hall–Kier alpha value is -2.57. The molecule has 7 heteroatoms. The topological polar surface area (TPSA) is 87.7 Å². The minimum Gasteiger partial charge on any atom is -0.444 e. The number of benzene rings is 1. The van der Waals surface area contributed by atoms with E-state index in [1.807, 2.05) is 45.9 Å². The van der Waals surface area contributed by atoms with E-state index in [1.165, 1.54) is 4.90 Å². The normalized spacial score (nSPS) is 13.3. The summed E-state index contributed by atoms with van der Waals surface area (Å²) < 4.78 is 5.37. The molecule has 0 aliphatic rings. The second-order valence-corrected chi connectivity index (χ2v) is 10.2. The van der Waals surface area contributed by atoms with E-state index in [2.05, 4.69) is 17.6 Å². The molecule has 0 heterocycles. The quantitative estimate of drug-likeness (QED) is 0.496. The van der Waals surface area contributed by atoms with E-state index in [1.54, 1.807) is 27.8 Å². The number of nitrogens with one attached hydrogen (secondary N) is 2. The summed E-state index contributed by atoms with van der Waals surface area (Å²) in [7, 11) is 1.62. The van der Waals surface area contributed by atoms with Crippen molar-refractivity contribution < 1.29 is 19.1 Å². The molecule has 1 aromatic carbocycles. The van der Waals surface area contributed by atoms with Crippen LogP contribution in [0.15, 0.2) is 18.2 Å². The number of carbonyl (C=O) groups is 3. The van der Waals surface area contributed by atoms with Crippen molar-refractivity contribution in [2.75, 3.05) is 13.6 Å². The van der Waals surface area contributed by atoms with Gasteiger partial charge in [0.2, 0.25) is 11.8 Å². The van der Waals surface area contributed by atoms with Gasteiger partial charge in [0.15, 0.2) is 0 Å². The molecule has 2 atom stereocenters. The number of carbonyl (C=O) groups excluding carboxylic acids is 3. The molecule has 0 aliphatic carbocycles. The second kappa shape index (κ2) is 12.6. The number of ether oxygens (including phenoxy) is 1. The maximum Gasteiger partial charge on any atom is 0.408 e. The summed E-state index contributed by atoms with van der Waals surface area (Å²) in [6, 6.07) is 4.28. The van der Waals surface area contributed by atoms with Gasteiger partial charge in [-0.05, 0) is 64.5 Å². The molecule has 0 fully saturated rings. The number of hydrogen-bond donors (Lipinski definition) is 2. The van der Waals surface area contributed by atoms with Crippen molar-refractivity contribution in [1.29, 1.82) is 0 Å². The molecule has 186 valence electrons. The van der Waals surface area contributed by atoms with Gasteiger partial charge in [-0.2, -0.15) is 0 Å². The molecule has 1 aromatic rings. The molecule has 0 aromatic heterocycles. The summed E-state index contributed by atoms with van der Waals surface area (Å²) in [5.41, 5.74) is 2.03.